The van der Waals surface area contributed by atoms with Crippen LogP contribution in [0.4, 0.5) is 39.5 Å². The number of hydrogen-bond donors (Lipinski definition) is 2. The molecule has 0 atom stereocenters. The first-order valence-corrected chi connectivity index (χ1v) is 20.5. The number of nitrogens with zero attached hydrogens (tertiary/aromatic N) is 5. The van der Waals surface area contributed by atoms with E-state index in [-0.39, 0.29) is 40.6 Å². The van der Waals surface area contributed by atoms with Crippen LogP contribution in [0.2, 0.25) is 10.0 Å². The molecule has 0 bridgehead atoms. The number of carbonyl (C=O) groups is 2. The summed E-state index contributed by atoms with van der Waals surface area (Å²) in [7, 11) is 0. The lowest BCUT2D eigenvalue weighted by Gasteiger charge is -2.14. The fourth-order valence-corrected chi connectivity index (χ4v) is 6.84. The average molecular weight is 977 g/mol. The molecule has 0 radical (unpaired) electrons. The third kappa shape index (κ3) is 13.8. The minimum absolute atomic E-state index is 0.0730. The van der Waals surface area contributed by atoms with Gasteiger partial charge in [0.25, 0.3) is 17.6 Å². The number of aryl methyl sites for hydroxylation is 2. The molecule has 2 N–H and O–H groups in total. The van der Waals surface area contributed by atoms with Gasteiger partial charge in [0, 0.05) is 44.9 Å². The molecule has 1 saturated carbocycles. The lowest BCUT2D eigenvalue weighted by Crippen LogP contribution is -2.24. The van der Waals surface area contributed by atoms with Gasteiger partial charge in [0.05, 0.1) is 34.9 Å². The van der Waals surface area contributed by atoms with E-state index in [2.05, 4.69) is 40.2 Å². The molecule has 4 aromatic heterocycles. The molecule has 7 rings (SSSR count). The Bertz CT molecular complexity index is 2670. The second kappa shape index (κ2) is 20.0. The number of alkyl halides is 9. The third-order valence-electron chi connectivity index (χ3n) is 8.96. The fourth-order valence-electron chi connectivity index (χ4n) is 5.62. The molecule has 2 aromatic carbocycles. The number of pyridine rings is 2. The van der Waals surface area contributed by atoms with Crippen molar-refractivity contribution in [1.82, 2.24) is 35.7 Å². The standard InChI is InChI=1S/C22H19ClF3N3O2S.C19H13ClF6N4O3/c1-12-6-14(4-5-18(12)23)17-7-15(8-28-20(17)31-11-22(24,25)26)19(30)27-9-16-10-32-21(29-16)13-2-3-13;1-9-4-10(2-3-13(9)20)12-5-11(6-28-16(12)32-8-18(21,22)23)15(31)27-7-14-29-17(30-33-14)19(24,25)26/h4-8,10,13H,2-3,9,11H2,1H3,(H,27,30);2-6H,7-8H2,1H3,(H,27,31). The number of rotatable bonds is 13. The van der Waals surface area contributed by atoms with E-state index in [1.54, 1.807) is 49.4 Å². The summed E-state index contributed by atoms with van der Waals surface area (Å²) in [6, 6.07) is 12.3. The Morgan fingerprint density at radius 2 is 1.23 bits per heavy atom. The third-order valence-corrected chi connectivity index (χ3v) is 10.9. The zero-order valence-electron chi connectivity index (χ0n) is 33.5. The van der Waals surface area contributed by atoms with E-state index in [1.807, 2.05) is 5.38 Å². The summed E-state index contributed by atoms with van der Waals surface area (Å²) in [6.07, 6.45) is -9.48. The summed E-state index contributed by atoms with van der Waals surface area (Å²) >= 11 is 13.6. The van der Waals surface area contributed by atoms with Gasteiger partial charge < -0.3 is 24.6 Å². The maximum atomic E-state index is 12.7. The largest absolute Gasteiger partial charge is 0.468 e. The van der Waals surface area contributed by atoms with Crippen molar-refractivity contribution in [3.63, 3.8) is 0 Å². The van der Waals surface area contributed by atoms with Gasteiger partial charge in [0.1, 0.15) is 0 Å². The van der Waals surface area contributed by atoms with Crippen LogP contribution in [0.25, 0.3) is 22.3 Å². The quantitative estimate of drug-likeness (QED) is 0.107. The highest BCUT2D eigenvalue weighted by atomic mass is 35.5. The number of hydrogen-bond acceptors (Lipinski definition) is 11. The molecule has 12 nitrogen and oxygen atoms in total. The van der Waals surface area contributed by atoms with Crippen molar-refractivity contribution < 1.29 is 63.1 Å². The molecule has 0 unspecified atom stereocenters. The van der Waals surface area contributed by atoms with Gasteiger partial charge in [-0.15, -0.1) is 11.3 Å². The Morgan fingerprint density at radius 3 is 1.66 bits per heavy atom. The maximum Gasteiger partial charge on any atom is 0.455 e. The lowest BCUT2D eigenvalue weighted by molar-refractivity contribution is -0.154. The van der Waals surface area contributed by atoms with Crippen molar-refractivity contribution >= 4 is 46.4 Å². The number of amides is 2. The highest BCUT2D eigenvalue weighted by Crippen LogP contribution is 2.41. The number of ether oxygens (including phenoxy) is 2. The molecule has 24 heteroatoms. The van der Waals surface area contributed by atoms with Gasteiger partial charge in [-0.1, -0.05) is 40.5 Å². The molecule has 4 heterocycles. The highest BCUT2D eigenvalue weighted by molar-refractivity contribution is 7.09. The zero-order valence-corrected chi connectivity index (χ0v) is 35.8. The summed E-state index contributed by atoms with van der Waals surface area (Å²) < 4.78 is 128. The topological polar surface area (TPSA) is 154 Å². The summed E-state index contributed by atoms with van der Waals surface area (Å²) in [4.78, 5) is 40.6. The number of nitrogens with one attached hydrogen (secondary N) is 2. The van der Waals surface area contributed by atoms with Gasteiger partial charge in [0.2, 0.25) is 17.7 Å². The summed E-state index contributed by atoms with van der Waals surface area (Å²) in [5, 5.41) is 11.8. The first-order chi connectivity index (χ1) is 30.5. The van der Waals surface area contributed by atoms with Crippen molar-refractivity contribution in [3.8, 4) is 34.0 Å². The molecule has 0 aliphatic heterocycles. The van der Waals surface area contributed by atoms with Gasteiger partial charge in [0.15, 0.2) is 13.2 Å². The molecule has 1 aliphatic rings. The highest BCUT2D eigenvalue weighted by Gasteiger charge is 2.37. The first-order valence-electron chi connectivity index (χ1n) is 18.9. The number of benzene rings is 2. The SMILES string of the molecule is Cc1cc(-c2cc(C(=O)NCc3csc(C4CC4)n3)cnc2OCC(F)(F)F)ccc1Cl.Cc1cc(-c2cc(C(=O)NCc3nc(C(F)(F)F)no3)cnc2OCC(F)(F)F)ccc1Cl. The van der Waals surface area contributed by atoms with Crippen LogP contribution in [0.3, 0.4) is 0 Å². The maximum absolute atomic E-state index is 12.7. The molecular formula is C41H32Cl2F9N7O5S. The van der Waals surface area contributed by atoms with Crippen LogP contribution in [0.5, 0.6) is 11.8 Å². The fraction of sp³-hybridized carbons (Fsp3) is 0.293. The molecule has 2 amide bonds. The smallest absolute Gasteiger partial charge is 0.455 e. The molecule has 65 heavy (non-hydrogen) atoms. The van der Waals surface area contributed by atoms with Gasteiger partial charge in [-0.3, -0.25) is 9.59 Å². The van der Waals surface area contributed by atoms with Crippen LogP contribution in [0.1, 0.15) is 73.0 Å². The van der Waals surface area contributed by atoms with Crippen LogP contribution in [0.15, 0.2) is 70.8 Å². The summed E-state index contributed by atoms with van der Waals surface area (Å²) in [6.45, 7) is 0.0803. The molecular weight excluding hydrogens is 944 g/mol. The lowest BCUT2D eigenvalue weighted by atomic mass is 10.0. The Morgan fingerprint density at radius 1 is 0.738 bits per heavy atom. The van der Waals surface area contributed by atoms with Crippen molar-refractivity contribution in [2.75, 3.05) is 13.2 Å². The number of aromatic nitrogens is 5. The number of thiazole rings is 1. The van der Waals surface area contributed by atoms with E-state index in [4.69, 9.17) is 32.7 Å². The number of halogens is 11. The summed E-state index contributed by atoms with van der Waals surface area (Å²) in [5.74, 6) is -3.26. The van der Waals surface area contributed by atoms with Crippen LogP contribution in [-0.4, -0.2) is 62.5 Å². The molecule has 1 aliphatic carbocycles. The normalized spacial score (nSPS) is 12.9. The second-order valence-electron chi connectivity index (χ2n) is 14.2. The van der Waals surface area contributed by atoms with Crippen LogP contribution in [-0.2, 0) is 19.3 Å². The van der Waals surface area contributed by atoms with Gasteiger partial charge in [-0.05, 0) is 85.3 Å². The Labute approximate surface area is 376 Å². The average Bonchev–Trinajstić information content (AvgIpc) is 3.77. The van der Waals surface area contributed by atoms with E-state index < -0.39 is 61.8 Å². The summed E-state index contributed by atoms with van der Waals surface area (Å²) in [5.41, 5.74) is 3.48. The van der Waals surface area contributed by atoms with Crippen LogP contribution in [0, 0.1) is 13.8 Å². The monoisotopic (exact) mass is 975 g/mol. The second-order valence-corrected chi connectivity index (χ2v) is 15.9. The van der Waals surface area contributed by atoms with Gasteiger partial charge >= 0.3 is 18.5 Å². The van der Waals surface area contributed by atoms with Crippen LogP contribution >= 0.6 is 34.5 Å². The van der Waals surface area contributed by atoms with E-state index in [1.165, 1.54) is 30.5 Å². The van der Waals surface area contributed by atoms with Gasteiger partial charge in [-0.25, -0.2) is 15.0 Å². The van der Waals surface area contributed by atoms with Crippen molar-refractivity contribution in [2.24, 2.45) is 0 Å². The molecule has 6 aromatic rings. The Hall–Kier alpha value is -6.00. The first kappa shape index (κ1) is 48.5. The predicted molar refractivity (Wildman–Crippen MR) is 218 cm³/mol. The Balaban J connectivity index is 0.000000215. The van der Waals surface area contributed by atoms with Crippen molar-refractivity contribution in [1.29, 1.82) is 0 Å². The Kier molecular flexibility index (Phi) is 14.9. The molecule has 344 valence electrons. The minimum atomic E-state index is -4.81. The van der Waals surface area contributed by atoms with Crippen molar-refractivity contribution in [3.05, 3.63) is 121 Å². The van der Waals surface area contributed by atoms with Crippen LogP contribution < -0.4 is 20.1 Å². The zero-order chi connectivity index (χ0) is 47.3. The minimum Gasteiger partial charge on any atom is -0.468 e. The van der Waals surface area contributed by atoms with Gasteiger partial charge in [-0.2, -0.15) is 44.5 Å². The van der Waals surface area contributed by atoms with E-state index in [0.717, 1.165) is 35.3 Å². The van der Waals surface area contributed by atoms with E-state index in [9.17, 15) is 49.1 Å². The molecule has 0 spiro atoms. The molecule has 1 fully saturated rings. The number of carbonyl (C=O) groups excluding carboxylic acids is 2. The van der Waals surface area contributed by atoms with Crippen molar-refractivity contribution in [2.45, 2.75) is 64.2 Å². The van der Waals surface area contributed by atoms with E-state index >= 15 is 0 Å². The molecule has 0 saturated heterocycles. The van der Waals surface area contributed by atoms with E-state index in [0.29, 0.717) is 32.7 Å². The predicted octanol–water partition coefficient (Wildman–Crippen LogP) is 10.9.